The van der Waals surface area contributed by atoms with Gasteiger partial charge in [-0.3, -0.25) is 4.79 Å². The minimum absolute atomic E-state index is 0.0852. The summed E-state index contributed by atoms with van der Waals surface area (Å²) in [6.45, 7) is 0.731. The third-order valence-corrected chi connectivity index (χ3v) is 5.44. The zero-order valence-corrected chi connectivity index (χ0v) is 16.7. The lowest BCUT2D eigenvalue weighted by Gasteiger charge is -2.34. The van der Waals surface area contributed by atoms with E-state index in [0.29, 0.717) is 18.7 Å². The van der Waals surface area contributed by atoms with E-state index in [1.807, 2.05) is 47.4 Å². The van der Waals surface area contributed by atoms with Gasteiger partial charge < -0.3 is 14.1 Å². The number of benzene rings is 2. The van der Waals surface area contributed by atoms with Crippen molar-refractivity contribution >= 4 is 5.91 Å². The van der Waals surface area contributed by atoms with Gasteiger partial charge in [-0.2, -0.15) is 0 Å². The predicted octanol–water partition coefficient (Wildman–Crippen LogP) is 4.57. The van der Waals surface area contributed by atoms with Crippen LogP contribution in [0.15, 0.2) is 65.2 Å². The highest BCUT2D eigenvalue weighted by molar-refractivity contribution is 5.80. The molecule has 2 heterocycles. The zero-order valence-electron chi connectivity index (χ0n) is 16.7. The molecule has 1 atom stereocenters. The molecule has 1 aliphatic heterocycles. The number of rotatable bonds is 6. The van der Waals surface area contributed by atoms with Crippen molar-refractivity contribution in [3.05, 3.63) is 83.6 Å². The van der Waals surface area contributed by atoms with Crippen molar-refractivity contribution < 1.29 is 13.9 Å². The summed E-state index contributed by atoms with van der Waals surface area (Å²) in [6.07, 6.45) is 5.77. The molecule has 0 N–H and O–H groups in total. The van der Waals surface area contributed by atoms with Crippen molar-refractivity contribution in [3.63, 3.8) is 0 Å². The Labute approximate surface area is 171 Å². The van der Waals surface area contributed by atoms with Gasteiger partial charge in [-0.05, 0) is 30.9 Å². The Balaban J connectivity index is 1.49. The molecule has 0 radical (unpaired) electrons. The van der Waals surface area contributed by atoms with Gasteiger partial charge in [-0.15, -0.1) is 0 Å². The predicted molar refractivity (Wildman–Crippen MR) is 111 cm³/mol. The number of amides is 1. The van der Waals surface area contributed by atoms with Crippen LogP contribution in [0.3, 0.4) is 0 Å². The van der Waals surface area contributed by atoms with Crippen LogP contribution in [-0.4, -0.2) is 29.4 Å². The first kappa shape index (κ1) is 19.2. The molecule has 0 spiro atoms. The molecule has 0 unspecified atom stereocenters. The third-order valence-electron chi connectivity index (χ3n) is 5.44. The summed E-state index contributed by atoms with van der Waals surface area (Å²) in [7, 11) is 1.63. The van der Waals surface area contributed by atoms with Crippen LogP contribution in [0.25, 0.3) is 0 Å². The molecule has 0 bridgehead atoms. The van der Waals surface area contributed by atoms with Gasteiger partial charge in [0, 0.05) is 18.5 Å². The van der Waals surface area contributed by atoms with E-state index >= 15 is 0 Å². The molecule has 1 aliphatic rings. The van der Waals surface area contributed by atoms with Crippen LogP contribution in [-0.2, 0) is 17.6 Å². The van der Waals surface area contributed by atoms with E-state index < -0.39 is 0 Å². The molecular formula is C24H26N2O3. The molecule has 4 rings (SSSR count). The molecule has 5 heteroatoms. The molecular weight excluding hydrogens is 364 g/mol. The summed E-state index contributed by atoms with van der Waals surface area (Å²) in [5.41, 5.74) is 2.09. The fourth-order valence-corrected chi connectivity index (χ4v) is 3.96. The number of oxazole rings is 1. The molecule has 3 aromatic rings. The summed E-state index contributed by atoms with van der Waals surface area (Å²) in [4.78, 5) is 19.6. The largest absolute Gasteiger partial charge is 0.496 e. The summed E-state index contributed by atoms with van der Waals surface area (Å²) in [5, 5.41) is 0. The van der Waals surface area contributed by atoms with Crippen molar-refractivity contribution in [2.75, 3.05) is 13.7 Å². The van der Waals surface area contributed by atoms with E-state index in [1.54, 1.807) is 13.3 Å². The van der Waals surface area contributed by atoms with Crippen LogP contribution in [0, 0.1) is 0 Å². The Hall–Kier alpha value is -3.08. The first-order chi connectivity index (χ1) is 14.2. The number of ether oxygens (including phenoxy) is 1. The number of carbonyl (C=O) groups is 1. The summed E-state index contributed by atoms with van der Waals surface area (Å²) in [6, 6.07) is 17.8. The van der Waals surface area contributed by atoms with Crippen molar-refractivity contribution in [2.45, 2.75) is 38.1 Å². The molecule has 2 aromatic carbocycles. The van der Waals surface area contributed by atoms with Crippen LogP contribution in [0.1, 0.15) is 48.1 Å². The standard InChI is InChI=1S/C24H26N2O3/c1-28-22-13-6-5-11-19(22)16-23(27)26-14-8-7-12-21(26)24-25-17-20(29-24)15-18-9-3-2-4-10-18/h2-6,9-11,13,17,21H,7-8,12,14-16H2,1H3/t21-/m1/s1. The second-order valence-corrected chi connectivity index (χ2v) is 7.41. The number of para-hydroxylation sites is 1. The number of hydrogen-bond donors (Lipinski definition) is 0. The van der Waals surface area contributed by atoms with Gasteiger partial charge in [-0.25, -0.2) is 4.98 Å². The van der Waals surface area contributed by atoms with E-state index in [9.17, 15) is 4.79 Å². The maximum atomic E-state index is 13.1. The Kier molecular flexibility index (Phi) is 5.94. The second kappa shape index (κ2) is 8.95. The lowest BCUT2D eigenvalue weighted by molar-refractivity contribution is -0.135. The molecule has 0 aliphatic carbocycles. The van der Waals surface area contributed by atoms with Crippen LogP contribution in [0.2, 0.25) is 0 Å². The lowest BCUT2D eigenvalue weighted by Crippen LogP contribution is -2.39. The van der Waals surface area contributed by atoms with Crippen LogP contribution < -0.4 is 4.74 Å². The molecule has 150 valence electrons. The van der Waals surface area contributed by atoms with Crippen LogP contribution in [0.4, 0.5) is 0 Å². The van der Waals surface area contributed by atoms with E-state index in [-0.39, 0.29) is 11.9 Å². The van der Waals surface area contributed by atoms with E-state index in [4.69, 9.17) is 9.15 Å². The monoisotopic (exact) mass is 390 g/mol. The van der Waals surface area contributed by atoms with Crippen molar-refractivity contribution in [1.29, 1.82) is 0 Å². The summed E-state index contributed by atoms with van der Waals surface area (Å²) >= 11 is 0. The van der Waals surface area contributed by atoms with E-state index in [1.165, 1.54) is 5.56 Å². The lowest BCUT2D eigenvalue weighted by atomic mass is 10.0. The highest BCUT2D eigenvalue weighted by Gasteiger charge is 2.31. The number of piperidine rings is 1. The van der Waals surface area contributed by atoms with E-state index in [0.717, 1.165) is 42.9 Å². The van der Waals surface area contributed by atoms with Crippen molar-refractivity contribution in [2.24, 2.45) is 0 Å². The summed E-state index contributed by atoms with van der Waals surface area (Å²) in [5.74, 6) is 2.30. The number of likely N-dealkylation sites (tertiary alicyclic amines) is 1. The summed E-state index contributed by atoms with van der Waals surface area (Å²) < 4.78 is 11.5. The smallest absolute Gasteiger partial charge is 0.227 e. The number of carbonyl (C=O) groups excluding carboxylic acids is 1. The van der Waals surface area contributed by atoms with Gasteiger partial charge in [0.2, 0.25) is 11.8 Å². The van der Waals surface area contributed by atoms with Crippen LogP contribution >= 0.6 is 0 Å². The van der Waals surface area contributed by atoms with Gasteiger partial charge in [0.05, 0.1) is 19.7 Å². The first-order valence-electron chi connectivity index (χ1n) is 10.1. The SMILES string of the molecule is COc1ccccc1CC(=O)N1CCCC[C@@H]1c1ncc(Cc2ccccc2)o1. The molecule has 1 amide bonds. The normalized spacial score (nSPS) is 16.6. The third kappa shape index (κ3) is 4.50. The minimum atomic E-state index is -0.101. The molecule has 29 heavy (non-hydrogen) atoms. The van der Waals surface area contributed by atoms with Crippen LogP contribution in [0.5, 0.6) is 5.75 Å². The molecule has 1 aromatic heterocycles. The van der Waals surface area contributed by atoms with Crippen molar-refractivity contribution in [3.8, 4) is 5.75 Å². The quantitative estimate of drug-likeness (QED) is 0.619. The van der Waals surface area contributed by atoms with Gasteiger partial charge in [-0.1, -0.05) is 48.5 Å². The molecule has 5 nitrogen and oxygen atoms in total. The average Bonchev–Trinajstić information content (AvgIpc) is 3.23. The number of methoxy groups -OCH3 is 1. The van der Waals surface area contributed by atoms with Crippen molar-refractivity contribution in [1.82, 2.24) is 9.88 Å². The Morgan fingerprint density at radius 1 is 1.14 bits per heavy atom. The number of aromatic nitrogens is 1. The zero-order chi connectivity index (χ0) is 20.1. The second-order valence-electron chi connectivity index (χ2n) is 7.41. The maximum absolute atomic E-state index is 13.1. The fraction of sp³-hybridized carbons (Fsp3) is 0.333. The highest BCUT2D eigenvalue weighted by Crippen LogP contribution is 2.32. The minimum Gasteiger partial charge on any atom is -0.496 e. The average molecular weight is 390 g/mol. The topological polar surface area (TPSA) is 55.6 Å². The maximum Gasteiger partial charge on any atom is 0.227 e. The highest BCUT2D eigenvalue weighted by atomic mass is 16.5. The number of hydrogen-bond acceptors (Lipinski definition) is 4. The molecule has 1 saturated heterocycles. The van der Waals surface area contributed by atoms with Gasteiger partial charge in [0.25, 0.3) is 0 Å². The Morgan fingerprint density at radius 3 is 2.76 bits per heavy atom. The van der Waals surface area contributed by atoms with E-state index in [2.05, 4.69) is 17.1 Å². The Bertz CT molecular complexity index is 952. The van der Waals surface area contributed by atoms with Gasteiger partial charge >= 0.3 is 0 Å². The molecule has 1 fully saturated rings. The number of nitrogens with zero attached hydrogens (tertiary/aromatic N) is 2. The first-order valence-corrected chi connectivity index (χ1v) is 10.1. The van der Waals surface area contributed by atoms with Gasteiger partial charge in [0.15, 0.2) is 0 Å². The molecule has 0 saturated carbocycles. The van der Waals surface area contributed by atoms with Gasteiger partial charge in [0.1, 0.15) is 17.6 Å². The Morgan fingerprint density at radius 2 is 1.93 bits per heavy atom. The fourth-order valence-electron chi connectivity index (χ4n) is 3.96.